The number of amides is 1. The highest BCUT2D eigenvalue weighted by atomic mass is 16.4. The molecule has 7 nitrogen and oxygen atoms in total. The van der Waals surface area contributed by atoms with E-state index in [1.165, 1.54) is 4.68 Å². The number of nitrogens with one attached hydrogen (secondary N) is 1. The second-order valence-corrected chi connectivity index (χ2v) is 5.52. The van der Waals surface area contributed by atoms with E-state index in [1.807, 2.05) is 39.0 Å². The highest BCUT2D eigenvalue weighted by Crippen LogP contribution is 2.14. The Hall–Kier alpha value is -2.70. The number of carbonyl (C=O) groups is 2. The molecule has 23 heavy (non-hydrogen) atoms. The second kappa shape index (κ2) is 7.04. The predicted molar refractivity (Wildman–Crippen MR) is 85.5 cm³/mol. The lowest BCUT2D eigenvalue weighted by molar-refractivity contribution is -0.117. The molecule has 0 saturated heterocycles. The molecule has 0 spiro atoms. The maximum Gasteiger partial charge on any atom is 0.358 e. The van der Waals surface area contributed by atoms with Crippen LogP contribution in [0.4, 0.5) is 5.69 Å². The SMILES string of the molecule is CCCc1c(C(=O)O)nnn1CC(=O)Nc1cc(C)cc(C)c1. The van der Waals surface area contributed by atoms with Crippen LogP contribution in [0.25, 0.3) is 0 Å². The van der Waals surface area contributed by atoms with E-state index in [2.05, 4.69) is 15.6 Å². The summed E-state index contributed by atoms with van der Waals surface area (Å²) < 4.78 is 1.35. The molecule has 122 valence electrons. The Morgan fingerprint density at radius 1 is 1.22 bits per heavy atom. The number of aryl methyl sites for hydroxylation is 2. The normalized spacial score (nSPS) is 10.6. The molecule has 2 N–H and O–H groups in total. The Kier molecular flexibility index (Phi) is 5.10. The number of rotatable bonds is 6. The van der Waals surface area contributed by atoms with Crippen molar-refractivity contribution in [3.05, 3.63) is 40.7 Å². The molecule has 0 aliphatic heterocycles. The lowest BCUT2D eigenvalue weighted by atomic mass is 10.1. The average molecular weight is 316 g/mol. The van der Waals surface area contributed by atoms with Crippen molar-refractivity contribution in [2.45, 2.75) is 40.2 Å². The molecule has 7 heteroatoms. The Bertz CT molecular complexity index is 717. The van der Waals surface area contributed by atoms with Gasteiger partial charge < -0.3 is 10.4 Å². The lowest BCUT2D eigenvalue weighted by Gasteiger charge is -2.09. The Labute approximate surface area is 134 Å². The fourth-order valence-corrected chi connectivity index (χ4v) is 2.49. The van der Waals surface area contributed by atoms with Crippen LogP contribution in [0.5, 0.6) is 0 Å². The van der Waals surface area contributed by atoms with Crippen LogP contribution in [0.3, 0.4) is 0 Å². The van der Waals surface area contributed by atoms with Gasteiger partial charge in [0.15, 0.2) is 5.69 Å². The van der Waals surface area contributed by atoms with E-state index in [4.69, 9.17) is 5.11 Å². The van der Waals surface area contributed by atoms with Gasteiger partial charge in [0.25, 0.3) is 0 Å². The van der Waals surface area contributed by atoms with Crippen molar-refractivity contribution < 1.29 is 14.7 Å². The van der Waals surface area contributed by atoms with Crippen LogP contribution in [0.1, 0.15) is 40.7 Å². The van der Waals surface area contributed by atoms with Crippen molar-refractivity contribution in [2.75, 3.05) is 5.32 Å². The molecule has 1 amide bonds. The standard InChI is InChI=1S/C16H20N4O3/c1-4-5-13-15(16(22)23)18-19-20(13)9-14(21)17-12-7-10(2)6-11(3)8-12/h6-8H,4-5,9H2,1-3H3,(H,17,21)(H,22,23). The predicted octanol–water partition coefficient (Wildman–Crippen LogP) is 2.18. The van der Waals surface area contributed by atoms with Gasteiger partial charge >= 0.3 is 5.97 Å². The number of carboxylic acid groups (broad SMARTS) is 1. The minimum absolute atomic E-state index is 0.0669. The minimum Gasteiger partial charge on any atom is -0.476 e. The van der Waals surface area contributed by atoms with Crippen LogP contribution in [0.15, 0.2) is 18.2 Å². The van der Waals surface area contributed by atoms with Gasteiger partial charge in [-0.05, 0) is 43.5 Å². The van der Waals surface area contributed by atoms with Crippen molar-refractivity contribution in [1.82, 2.24) is 15.0 Å². The van der Waals surface area contributed by atoms with Crippen molar-refractivity contribution in [3.8, 4) is 0 Å². The minimum atomic E-state index is -1.13. The van der Waals surface area contributed by atoms with Gasteiger partial charge in [0, 0.05) is 5.69 Å². The zero-order chi connectivity index (χ0) is 17.0. The van der Waals surface area contributed by atoms with Gasteiger partial charge in [-0.2, -0.15) is 0 Å². The summed E-state index contributed by atoms with van der Waals surface area (Å²) in [6.45, 7) is 5.78. The summed E-state index contributed by atoms with van der Waals surface area (Å²) in [5.41, 5.74) is 3.20. The van der Waals surface area contributed by atoms with Crippen molar-refractivity contribution in [3.63, 3.8) is 0 Å². The smallest absolute Gasteiger partial charge is 0.358 e. The first-order chi connectivity index (χ1) is 10.9. The summed E-state index contributed by atoms with van der Waals surface area (Å²) in [6.07, 6.45) is 1.25. The van der Waals surface area contributed by atoms with Crippen molar-refractivity contribution >= 4 is 17.6 Å². The fraction of sp³-hybridized carbons (Fsp3) is 0.375. The third kappa shape index (κ3) is 4.15. The number of benzene rings is 1. The summed E-state index contributed by atoms with van der Waals surface area (Å²) in [4.78, 5) is 23.3. The molecule has 0 fully saturated rings. The molecule has 2 rings (SSSR count). The van der Waals surface area contributed by atoms with Crippen LogP contribution in [0.2, 0.25) is 0 Å². The van der Waals surface area contributed by atoms with Gasteiger partial charge in [-0.25, -0.2) is 9.48 Å². The van der Waals surface area contributed by atoms with E-state index in [-0.39, 0.29) is 18.1 Å². The highest BCUT2D eigenvalue weighted by Gasteiger charge is 2.19. The fourth-order valence-electron chi connectivity index (χ4n) is 2.49. The number of hydrogen-bond acceptors (Lipinski definition) is 4. The maximum atomic E-state index is 12.2. The average Bonchev–Trinajstić information content (AvgIpc) is 2.81. The molecule has 0 atom stereocenters. The van der Waals surface area contributed by atoms with E-state index in [0.29, 0.717) is 17.8 Å². The molecule has 1 aromatic carbocycles. The van der Waals surface area contributed by atoms with E-state index in [0.717, 1.165) is 17.5 Å². The van der Waals surface area contributed by atoms with Gasteiger partial charge in [-0.15, -0.1) is 5.10 Å². The number of aromatic nitrogens is 3. The monoisotopic (exact) mass is 316 g/mol. The van der Waals surface area contributed by atoms with Crippen molar-refractivity contribution in [2.24, 2.45) is 0 Å². The molecule has 0 radical (unpaired) electrons. The van der Waals surface area contributed by atoms with Crippen LogP contribution >= 0.6 is 0 Å². The van der Waals surface area contributed by atoms with Gasteiger partial charge in [0.05, 0.1) is 5.69 Å². The van der Waals surface area contributed by atoms with E-state index < -0.39 is 5.97 Å². The van der Waals surface area contributed by atoms with Gasteiger partial charge in [-0.3, -0.25) is 4.79 Å². The van der Waals surface area contributed by atoms with E-state index in [9.17, 15) is 9.59 Å². The first kappa shape index (κ1) is 16.7. The number of hydrogen-bond donors (Lipinski definition) is 2. The number of carboxylic acids is 1. The number of carbonyl (C=O) groups excluding carboxylic acids is 1. The summed E-state index contributed by atoms with van der Waals surface area (Å²) >= 11 is 0. The Morgan fingerprint density at radius 2 is 1.87 bits per heavy atom. The molecule has 0 aliphatic carbocycles. The van der Waals surface area contributed by atoms with Crippen molar-refractivity contribution in [1.29, 1.82) is 0 Å². The maximum absolute atomic E-state index is 12.2. The third-order valence-electron chi connectivity index (χ3n) is 3.33. The first-order valence-electron chi connectivity index (χ1n) is 7.44. The molecule has 0 saturated carbocycles. The molecule has 2 aromatic rings. The highest BCUT2D eigenvalue weighted by molar-refractivity contribution is 5.91. The van der Waals surface area contributed by atoms with Gasteiger partial charge in [0.1, 0.15) is 6.54 Å². The molecule has 0 aliphatic rings. The van der Waals surface area contributed by atoms with E-state index >= 15 is 0 Å². The summed E-state index contributed by atoms with van der Waals surface area (Å²) in [5, 5.41) is 19.4. The molecule has 1 aromatic heterocycles. The zero-order valence-electron chi connectivity index (χ0n) is 13.5. The molecule has 0 bridgehead atoms. The lowest BCUT2D eigenvalue weighted by Crippen LogP contribution is -2.21. The van der Waals surface area contributed by atoms with E-state index in [1.54, 1.807) is 0 Å². The third-order valence-corrected chi connectivity index (χ3v) is 3.33. The summed E-state index contributed by atoms with van der Waals surface area (Å²) in [7, 11) is 0. The Balaban J connectivity index is 2.15. The van der Waals surface area contributed by atoms with Crippen LogP contribution in [-0.2, 0) is 17.8 Å². The second-order valence-electron chi connectivity index (χ2n) is 5.52. The number of anilines is 1. The first-order valence-corrected chi connectivity index (χ1v) is 7.44. The van der Waals surface area contributed by atoms with Crippen LogP contribution in [0, 0.1) is 13.8 Å². The van der Waals surface area contributed by atoms with Crippen LogP contribution in [-0.4, -0.2) is 32.0 Å². The number of aromatic carboxylic acids is 1. The summed E-state index contributed by atoms with van der Waals surface area (Å²) in [6, 6.07) is 5.77. The Morgan fingerprint density at radius 3 is 2.43 bits per heavy atom. The molecular formula is C16H20N4O3. The topological polar surface area (TPSA) is 97.1 Å². The van der Waals surface area contributed by atoms with Crippen LogP contribution < -0.4 is 5.32 Å². The summed E-state index contributed by atoms with van der Waals surface area (Å²) in [5.74, 6) is -1.40. The van der Waals surface area contributed by atoms with Gasteiger partial charge in [-0.1, -0.05) is 24.6 Å². The molecule has 1 heterocycles. The molecular weight excluding hydrogens is 296 g/mol. The van der Waals surface area contributed by atoms with Gasteiger partial charge in [0.2, 0.25) is 5.91 Å². The quantitative estimate of drug-likeness (QED) is 0.851. The molecule has 0 unspecified atom stereocenters. The largest absolute Gasteiger partial charge is 0.476 e. The zero-order valence-corrected chi connectivity index (χ0v) is 13.5. The number of nitrogens with zero attached hydrogens (tertiary/aromatic N) is 3.